The van der Waals surface area contributed by atoms with Crippen LogP contribution in [0.2, 0.25) is 0 Å². The molecule has 178 valence electrons. The highest BCUT2D eigenvalue weighted by molar-refractivity contribution is 5.94. The van der Waals surface area contributed by atoms with Crippen molar-refractivity contribution in [2.75, 3.05) is 31.1 Å². The molecule has 2 aromatic carbocycles. The SMILES string of the molecule is CC(=O)c1ccc(N2CCN(C(=O)CCc3nc(-c4ccc(C(C)C)cc4)no3)CC2)c(F)c1. The van der Waals surface area contributed by atoms with Crippen molar-refractivity contribution >= 4 is 17.4 Å². The van der Waals surface area contributed by atoms with Gasteiger partial charge in [0.2, 0.25) is 17.6 Å². The van der Waals surface area contributed by atoms with Crippen LogP contribution in [0.3, 0.4) is 0 Å². The summed E-state index contributed by atoms with van der Waals surface area (Å²) in [5.74, 6) is 0.825. The maximum atomic E-state index is 14.4. The molecule has 0 radical (unpaired) electrons. The molecule has 1 aliphatic heterocycles. The van der Waals surface area contributed by atoms with Crippen molar-refractivity contribution in [3.63, 3.8) is 0 Å². The number of anilines is 1. The lowest BCUT2D eigenvalue weighted by molar-refractivity contribution is -0.131. The van der Waals surface area contributed by atoms with Crippen LogP contribution in [0.1, 0.15) is 54.9 Å². The van der Waals surface area contributed by atoms with Crippen LogP contribution in [0.5, 0.6) is 0 Å². The number of carbonyl (C=O) groups is 2. The van der Waals surface area contributed by atoms with Crippen LogP contribution in [-0.4, -0.2) is 52.9 Å². The predicted octanol–water partition coefficient (Wildman–Crippen LogP) is 4.48. The zero-order valence-electron chi connectivity index (χ0n) is 19.8. The number of Topliss-reactive ketones (excluding diaryl/α,β-unsaturated/α-hetero) is 1. The van der Waals surface area contributed by atoms with Crippen molar-refractivity contribution in [3.8, 4) is 11.4 Å². The van der Waals surface area contributed by atoms with Crippen molar-refractivity contribution in [2.24, 2.45) is 0 Å². The molecule has 34 heavy (non-hydrogen) atoms. The second kappa shape index (κ2) is 10.2. The van der Waals surface area contributed by atoms with Crippen molar-refractivity contribution in [2.45, 2.75) is 39.5 Å². The number of carbonyl (C=O) groups excluding carboxylic acids is 2. The van der Waals surface area contributed by atoms with Gasteiger partial charge in [-0.2, -0.15) is 4.98 Å². The standard InChI is InChI=1S/C26H29FN4O3/c1-17(2)19-4-6-20(7-5-19)26-28-24(34-29-26)10-11-25(33)31-14-12-30(13-15-31)23-9-8-21(18(3)32)16-22(23)27/h4-9,16-17H,10-15H2,1-3H3. The van der Waals surface area contributed by atoms with Gasteiger partial charge in [-0.05, 0) is 36.6 Å². The van der Waals surface area contributed by atoms with E-state index in [4.69, 9.17) is 4.52 Å². The van der Waals surface area contributed by atoms with E-state index < -0.39 is 5.82 Å². The van der Waals surface area contributed by atoms with Gasteiger partial charge in [-0.25, -0.2) is 4.39 Å². The minimum atomic E-state index is -0.418. The third-order valence-corrected chi connectivity index (χ3v) is 6.18. The summed E-state index contributed by atoms with van der Waals surface area (Å²) < 4.78 is 19.8. The number of hydrogen-bond acceptors (Lipinski definition) is 6. The van der Waals surface area contributed by atoms with Gasteiger partial charge < -0.3 is 14.3 Å². The summed E-state index contributed by atoms with van der Waals surface area (Å²) in [6, 6.07) is 12.6. The highest BCUT2D eigenvalue weighted by Gasteiger charge is 2.23. The lowest BCUT2D eigenvalue weighted by Crippen LogP contribution is -2.49. The van der Waals surface area contributed by atoms with Crippen molar-refractivity contribution in [1.82, 2.24) is 15.0 Å². The number of nitrogens with zero attached hydrogens (tertiary/aromatic N) is 4. The molecule has 0 unspecified atom stereocenters. The van der Waals surface area contributed by atoms with E-state index >= 15 is 0 Å². The van der Waals surface area contributed by atoms with Crippen molar-refractivity contribution < 1.29 is 18.5 Å². The Morgan fingerprint density at radius 1 is 1.06 bits per heavy atom. The first-order valence-corrected chi connectivity index (χ1v) is 11.6. The summed E-state index contributed by atoms with van der Waals surface area (Å²) >= 11 is 0. The van der Waals surface area contributed by atoms with Gasteiger partial charge in [0.15, 0.2) is 5.78 Å². The van der Waals surface area contributed by atoms with E-state index in [-0.39, 0.29) is 18.1 Å². The molecule has 0 aliphatic carbocycles. The van der Waals surface area contributed by atoms with Gasteiger partial charge in [-0.3, -0.25) is 9.59 Å². The van der Waals surface area contributed by atoms with Gasteiger partial charge in [0.25, 0.3) is 0 Å². The summed E-state index contributed by atoms with van der Waals surface area (Å²) in [6.45, 7) is 7.76. The smallest absolute Gasteiger partial charge is 0.227 e. The van der Waals surface area contributed by atoms with Crippen LogP contribution in [0.15, 0.2) is 47.0 Å². The molecule has 7 nitrogen and oxygen atoms in total. The van der Waals surface area contributed by atoms with E-state index in [1.807, 2.05) is 17.0 Å². The van der Waals surface area contributed by atoms with E-state index in [9.17, 15) is 14.0 Å². The van der Waals surface area contributed by atoms with E-state index in [1.54, 1.807) is 17.0 Å². The van der Waals surface area contributed by atoms with Crippen molar-refractivity contribution in [3.05, 3.63) is 65.3 Å². The first-order valence-electron chi connectivity index (χ1n) is 11.6. The molecule has 1 fully saturated rings. The second-order valence-electron chi connectivity index (χ2n) is 8.88. The molecule has 1 saturated heterocycles. The molecule has 0 saturated carbocycles. The number of benzene rings is 2. The van der Waals surface area contributed by atoms with Crippen LogP contribution in [0, 0.1) is 5.82 Å². The number of hydrogen-bond donors (Lipinski definition) is 0. The van der Waals surface area contributed by atoms with E-state index in [1.165, 1.54) is 18.6 Å². The molecule has 1 amide bonds. The summed E-state index contributed by atoms with van der Waals surface area (Å²) in [5.41, 5.74) is 2.93. The zero-order valence-corrected chi connectivity index (χ0v) is 19.8. The number of amides is 1. The van der Waals surface area contributed by atoms with Gasteiger partial charge >= 0.3 is 0 Å². The molecular weight excluding hydrogens is 435 g/mol. The summed E-state index contributed by atoms with van der Waals surface area (Å²) in [6.07, 6.45) is 0.646. The number of rotatable bonds is 7. The molecule has 1 aromatic heterocycles. The molecule has 8 heteroatoms. The summed E-state index contributed by atoms with van der Waals surface area (Å²) in [5, 5.41) is 4.05. The minimum Gasteiger partial charge on any atom is -0.366 e. The molecule has 0 bridgehead atoms. The number of aryl methyl sites for hydroxylation is 1. The number of ketones is 1. The Morgan fingerprint density at radius 2 is 1.76 bits per heavy atom. The normalized spacial score (nSPS) is 14.0. The fourth-order valence-corrected chi connectivity index (χ4v) is 4.04. The fourth-order valence-electron chi connectivity index (χ4n) is 4.04. The molecule has 0 spiro atoms. The second-order valence-corrected chi connectivity index (χ2v) is 8.88. The molecular formula is C26H29FN4O3. The monoisotopic (exact) mass is 464 g/mol. The highest BCUT2D eigenvalue weighted by atomic mass is 19.1. The van der Waals surface area contributed by atoms with Crippen LogP contribution < -0.4 is 4.90 Å². The third-order valence-electron chi connectivity index (χ3n) is 6.18. The van der Waals surface area contributed by atoms with E-state index in [2.05, 4.69) is 36.1 Å². The molecule has 4 rings (SSSR count). The van der Waals surface area contributed by atoms with Gasteiger partial charge in [-0.15, -0.1) is 0 Å². The predicted molar refractivity (Wildman–Crippen MR) is 127 cm³/mol. The van der Waals surface area contributed by atoms with Crippen LogP contribution in [-0.2, 0) is 11.2 Å². The van der Waals surface area contributed by atoms with Gasteiger partial charge in [-0.1, -0.05) is 43.3 Å². The van der Waals surface area contributed by atoms with Crippen LogP contribution in [0.25, 0.3) is 11.4 Å². The first-order chi connectivity index (χ1) is 16.3. The number of piperazine rings is 1. The number of aromatic nitrogens is 2. The molecule has 0 N–H and O–H groups in total. The van der Waals surface area contributed by atoms with Gasteiger partial charge in [0, 0.05) is 50.1 Å². The Bertz CT molecular complexity index is 1170. The topological polar surface area (TPSA) is 79.5 Å². The number of halogens is 1. The lowest BCUT2D eigenvalue weighted by Gasteiger charge is -2.36. The average molecular weight is 465 g/mol. The maximum Gasteiger partial charge on any atom is 0.227 e. The molecule has 3 aromatic rings. The highest BCUT2D eigenvalue weighted by Crippen LogP contribution is 2.23. The van der Waals surface area contributed by atoms with Gasteiger partial charge in [0.05, 0.1) is 5.69 Å². The minimum absolute atomic E-state index is 0.00749. The summed E-state index contributed by atoms with van der Waals surface area (Å²) in [7, 11) is 0. The van der Waals surface area contributed by atoms with Crippen LogP contribution in [0.4, 0.5) is 10.1 Å². The average Bonchev–Trinajstić information content (AvgIpc) is 3.32. The third kappa shape index (κ3) is 5.32. The van der Waals surface area contributed by atoms with E-state index in [0.29, 0.717) is 61.5 Å². The van der Waals surface area contributed by atoms with Crippen molar-refractivity contribution in [1.29, 1.82) is 0 Å². The Balaban J connectivity index is 1.28. The molecule has 1 aliphatic rings. The zero-order chi connectivity index (χ0) is 24.2. The van der Waals surface area contributed by atoms with Gasteiger partial charge in [0.1, 0.15) is 5.82 Å². The van der Waals surface area contributed by atoms with E-state index in [0.717, 1.165) is 5.56 Å². The lowest BCUT2D eigenvalue weighted by atomic mass is 10.0. The quantitative estimate of drug-likeness (QED) is 0.480. The molecule has 0 atom stereocenters. The summed E-state index contributed by atoms with van der Waals surface area (Å²) in [4.78, 5) is 32.2. The largest absolute Gasteiger partial charge is 0.366 e. The molecule has 2 heterocycles. The fraction of sp³-hybridized carbons (Fsp3) is 0.385. The maximum absolute atomic E-state index is 14.4. The Hall–Kier alpha value is -3.55. The Kier molecular flexibility index (Phi) is 7.05. The van der Waals surface area contributed by atoms with Crippen LogP contribution >= 0.6 is 0 Å². The Labute approximate surface area is 198 Å². The first kappa shape index (κ1) is 23.6. The Morgan fingerprint density at radius 3 is 2.38 bits per heavy atom.